The van der Waals surface area contributed by atoms with Crippen molar-refractivity contribution in [1.82, 2.24) is 0 Å². The summed E-state index contributed by atoms with van der Waals surface area (Å²) in [7, 11) is 0. The molecule has 1 aromatic carbocycles. The van der Waals surface area contributed by atoms with Crippen LogP contribution < -0.4 is 4.74 Å². The summed E-state index contributed by atoms with van der Waals surface area (Å²) in [6.07, 6.45) is 3.66. The number of benzene rings is 1. The van der Waals surface area contributed by atoms with Gasteiger partial charge in [0.2, 0.25) is 0 Å². The van der Waals surface area contributed by atoms with Gasteiger partial charge in [-0.15, -0.1) is 17.0 Å². The second kappa shape index (κ2) is 8.11. The highest BCUT2D eigenvalue weighted by atomic mass is 79.9. The smallest absolute Gasteiger partial charge is 0.119 e. The molecule has 0 unspecified atom stereocenters. The van der Waals surface area contributed by atoms with E-state index in [1.54, 1.807) is 0 Å². The van der Waals surface area contributed by atoms with Gasteiger partial charge in [-0.25, -0.2) is 0 Å². The van der Waals surface area contributed by atoms with Gasteiger partial charge in [0.05, 0.1) is 6.61 Å². The van der Waals surface area contributed by atoms with E-state index in [4.69, 9.17) is 4.74 Å². The second-order valence-electron chi connectivity index (χ2n) is 2.87. The van der Waals surface area contributed by atoms with Gasteiger partial charge in [-0.1, -0.05) is 38.0 Å². The highest BCUT2D eigenvalue weighted by molar-refractivity contribution is 8.93. The van der Waals surface area contributed by atoms with Gasteiger partial charge < -0.3 is 4.74 Å². The van der Waals surface area contributed by atoms with Crippen molar-refractivity contribution >= 4 is 17.0 Å². The van der Waals surface area contributed by atoms with Crippen LogP contribution in [0.4, 0.5) is 0 Å². The Hall–Kier alpha value is -0.500. The molecular weight excluding hydrogens is 228 g/mol. The molecule has 0 N–H and O–H groups in total. The highest BCUT2D eigenvalue weighted by Crippen LogP contribution is 2.08. The Labute approximate surface area is 90.9 Å². The van der Waals surface area contributed by atoms with Crippen LogP contribution in [0.15, 0.2) is 30.3 Å². The van der Waals surface area contributed by atoms with Crippen molar-refractivity contribution in [3.8, 4) is 5.75 Å². The zero-order chi connectivity index (χ0) is 8.65. The second-order valence-corrected chi connectivity index (χ2v) is 2.87. The largest absolute Gasteiger partial charge is 0.494 e. The first kappa shape index (κ1) is 12.5. The Balaban J connectivity index is 0.00000144. The third-order valence-electron chi connectivity index (χ3n) is 1.76. The molecule has 0 bridgehead atoms. The predicted octanol–water partition coefficient (Wildman–Crippen LogP) is 3.83. The first-order chi connectivity index (χ1) is 5.93. The SMILES string of the molecule is Br.CCCCCOc1ccccc1. The van der Waals surface area contributed by atoms with Crippen molar-refractivity contribution in [1.29, 1.82) is 0 Å². The summed E-state index contributed by atoms with van der Waals surface area (Å²) < 4.78 is 5.51. The Morgan fingerprint density at radius 1 is 1.08 bits per heavy atom. The van der Waals surface area contributed by atoms with E-state index in [0.29, 0.717) is 0 Å². The molecule has 0 amide bonds. The maximum atomic E-state index is 5.51. The average molecular weight is 245 g/mol. The Morgan fingerprint density at radius 2 is 1.77 bits per heavy atom. The standard InChI is InChI=1S/C11H16O.BrH/c1-2-3-7-10-12-11-8-5-4-6-9-11;/h4-6,8-9H,2-3,7,10H2,1H3;1H. The molecule has 0 aromatic heterocycles. The van der Waals surface area contributed by atoms with Gasteiger partial charge in [-0.3, -0.25) is 0 Å². The molecule has 0 aliphatic rings. The normalized spacial score (nSPS) is 9.00. The first-order valence-electron chi connectivity index (χ1n) is 4.61. The monoisotopic (exact) mass is 244 g/mol. The minimum Gasteiger partial charge on any atom is -0.494 e. The number of hydrogen-bond acceptors (Lipinski definition) is 1. The molecule has 1 rings (SSSR count). The lowest BCUT2D eigenvalue weighted by atomic mass is 10.3. The third kappa shape index (κ3) is 5.69. The maximum absolute atomic E-state index is 5.51. The lowest BCUT2D eigenvalue weighted by Crippen LogP contribution is -1.96. The van der Waals surface area contributed by atoms with Gasteiger partial charge in [0.15, 0.2) is 0 Å². The molecule has 0 aliphatic carbocycles. The maximum Gasteiger partial charge on any atom is 0.119 e. The predicted molar refractivity (Wildman–Crippen MR) is 61.8 cm³/mol. The zero-order valence-corrected chi connectivity index (χ0v) is 9.74. The van der Waals surface area contributed by atoms with Gasteiger partial charge in [-0.2, -0.15) is 0 Å². The van der Waals surface area contributed by atoms with Gasteiger partial charge in [-0.05, 0) is 18.6 Å². The fraction of sp³-hybridized carbons (Fsp3) is 0.455. The van der Waals surface area contributed by atoms with Crippen molar-refractivity contribution in [2.24, 2.45) is 0 Å². The number of para-hydroxylation sites is 1. The van der Waals surface area contributed by atoms with Gasteiger partial charge in [0.1, 0.15) is 5.75 Å². The van der Waals surface area contributed by atoms with Crippen LogP contribution in [0.2, 0.25) is 0 Å². The van der Waals surface area contributed by atoms with Gasteiger partial charge in [0.25, 0.3) is 0 Å². The molecule has 74 valence electrons. The lowest BCUT2D eigenvalue weighted by molar-refractivity contribution is 0.306. The molecule has 0 fully saturated rings. The van der Waals surface area contributed by atoms with E-state index in [9.17, 15) is 0 Å². The molecule has 1 nitrogen and oxygen atoms in total. The molecule has 13 heavy (non-hydrogen) atoms. The van der Waals surface area contributed by atoms with Crippen LogP contribution in [0, 0.1) is 0 Å². The average Bonchev–Trinajstić information content (AvgIpc) is 2.14. The van der Waals surface area contributed by atoms with Crippen molar-refractivity contribution in [2.75, 3.05) is 6.61 Å². The number of halogens is 1. The number of unbranched alkanes of at least 4 members (excludes halogenated alkanes) is 2. The van der Waals surface area contributed by atoms with Crippen molar-refractivity contribution in [3.63, 3.8) is 0 Å². The minimum atomic E-state index is 0. The summed E-state index contributed by atoms with van der Waals surface area (Å²) in [5, 5.41) is 0. The molecule has 0 atom stereocenters. The highest BCUT2D eigenvalue weighted by Gasteiger charge is 1.89. The molecule has 0 saturated heterocycles. The molecule has 1 aromatic rings. The summed E-state index contributed by atoms with van der Waals surface area (Å²) in [6.45, 7) is 3.04. The molecule has 0 spiro atoms. The van der Waals surface area contributed by atoms with Crippen molar-refractivity contribution in [2.45, 2.75) is 26.2 Å². The zero-order valence-electron chi connectivity index (χ0n) is 8.03. The van der Waals surface area contributed by atoms with Crippen LogP contribution in [0.5, 0.6) is 5.75 Å². The minimum absolute atomic E-state index is 0. The Kier molecular flexibility index (Phi) is 7.80. The first-order valence-corrected chi connectivity index (χ1v) is 4.61. The van der Waals surface area contributed by atoms with E-state index in [0.717, 1.165) is 18.8 Å². The molecule has 0 saturated carbocycles. The topological polar surface area (TPSA) is 9.23 Å². The Morgan fingerprint density at radius 3 is 2.38 bits per heavy atom. The molecule has 0 heterocycles. The van der Waals surface area contributed by atoms with Crippen LogP contribution in [0.3, 0.4) is 0 Å². The summed E-state index contributed by atoms with van der Waals surface area (Å²) in [5.41, 5.74) is 0. The van der Waals surface area contributed by atoms with E-state index in [-0.39, 0.29) is 17.0 Å². The third-order valence-corrected chi connectivity index (χ3v) is 1.76. The van der Waals surface area contributed by atoms with Crippen LogP contribution in [0.25, 0.3) is 0 Å². The van der Waals surface area contributed by atoms with E-state index in [1.165, 1.54) is 12.8 Å². The molecule has 2 heteroatoms. The molecule has 0 radical (unpaired) electrons. The van der Waals surface area contributed by atoms with Gasteiger partial charge >= 0.3 is 0 Å². The fourth-order valence-electron chi connectivity index (χ4n) is 1.06. The summed E-state index contributed by atoms with van der Waals surface area (Å²) in [4.78, 5) is 0. The lowest BCUT2D eigenvalue weighted by Gasteiger charge is -2.04. The van der Waals surface area contributed by atoms with Crippen LogP contribution in [0.1, 0.15) is 26.2 Å². The quantitative estimate of drug-likeness (QED) is 0.716. The molecular formula is C11H17BrO. The molecule has 0 aliphatic heterocycles. The van der Waals surface area contributed by atoms with E-state index >= 15 is 0 Å². The van der Waals surface area contributed by atoms with Gasteiger partial charge in [0, 0.05) is 0 Å². The number of hydrogen-bond donors (Lipinski definition) is 0. The van der Waals surface area contributed by atoms with Crippen LogP contribution in [-0.4, -0.2) is 6.61 Å². The van der Waals surface area contributed by atoms with E-state index < -0.39 is 0 Å². The summed E-state index contributed by atoms with van der Waals surface area (Å²) >= 11 is 0. The summed E-state index contributed by atoms with van der Waals surface area (Å²) in [6, 6.07) is 9.97. The van der Waals surface area contributed by atoms with Crippen molar-refractivity contribution in [3.05, 3.63) is 30.3 Å². The number of ether oxygens (including phenoxy) is 1. The van der Waals surface area contributed by atoms with E-state index in [2.05, 4.69) is 6.92 Å². The Bertz CT molecular complexity index is 199. The van der Waals surface area contributed by atoms with Crippen LogP contribution >= 0.6 is 17.0 Å². The van der Waals surface area contributed by atoms with E-state index in [1.807, 2.05) is 30.3 Å². The van der Waals surface area contributed by atoms with Crippen molar-refractivity contribution < 1.29 is 4.74 Å². The van der Waals surface area contributed by atoms with Crippen LogP contribution in [-0.2, 0) is 0 Å². The fourth-order valence-corrected chi connectivity index (χ4v) is 1.06. The summed E-state index contributed by atoms with van der Waals surface area (Å²) in [5.74, 6) is 0.980. The number of rotatable bonds is 5.